The number of halogens is 1. The number of aromatic nitrogens is 2. The fourth-order valence-corrected chi connectivity index (χ4v) is 1.92. The van der Waals surface area contributed by atoms with E-state index < -0.39 is 0 Å². The molecule has 2 aromatic rings. The molecule has 3 nitrogen and oxygen atoms in total. The molecule has 96 valence electrons. The molecule has 4 heteroatoms. The van der Waals surface area contributed by atoms with Gasteiger partial charge in [0.25, 0.3) is 0 Å². The average Bonchev–Trinajstić information content (AvgIpc) is 2.80. The maximum atomic E-state index is 13.8. The summed E-state index contributed by atoms with van der Waals surface area (Å²) < 4.78 is 20.8. The highest BCUT2D eigenvalue weighted by Gasteiger charge is 2.10. The molecule has 0 saturated carbocycles. The van der Waals surface area contributed by atoms with Crippen LogP contribution in [0.1, 0.15) is 31.2 Å². The normalized spacial score (nSPS) is 10.9. The third-order valence-corrected chi connectivity index (χ3v) is 2.87. The number of nitrogens with zero attached hydrogens (tertiary/aromatic N) is 2. The lowest BCUT2D eigenvalue weighted by molar-refractivity contribution is 0.410. The van der Waals surface area contributed by atoms with Crippen molar-refractivity contribution >= 4 is 0 Å². The molecule has 0 fully saturated rings. The maximum absolute atomic E-state index is 13.8. The summed E-state index contributed by atoms with van der Waals surface area (Å²) in [7, 11) is 1.53. The SMILES string of the molecule is COc1ccc(Cn2ccnc2C(C)C)c(F)c1. The van der Waals surface area contributed by atoms with Gasteiger partial charge in [0.2, 0.25) is 0 Å². The van der Waals surface area contributed by atoms with Crippen LogP contribution in [-0.2, 0) is 6.54 Å². The number of ether oxygens (including phenoxy) is 1. The highest BCUT2D eigenvalue weighted by atomic mass is 19.1. The van der Waals surface area contributed by atoms with Gasteiger partial charge in [-0.15, -0.1) is 0 Å². The van der Waals surface area contributed by atoms with Gasteiger partial charge in [-0.1, -0.05) is 19.9 Å². The Morgan fingerprint density at radius 1 is 1.39 bits per heavy atom. The van der Waals surface area contributed by atoms with Gasteiger partial charge in [0.05, 0.1) is 13.7 Å². The lowest BCUT2D eigenvalue weighted by Crippen LogP contribution is -2.07. The minimum Gasteiger partial charge on any atom is -0.497 e. The molecule has 0 amide bonds. The Bertz CT molecular complexity index is 534. The molecule has 0 bridgehead atoms. The topological polar surface area (TPSA) is 27.1 Å². The first-order valence-corrected chi connectivity index (χ1v) is 5.95. The Morgan fingerprint density at radius 3 is 2.78 bits per heavy atom. The second-order valence-electron chi connectivity index (χ2n) is 4.53. The van der Waals surface area contributed by atoms with Crippen LogP contribution in [0.4, 0.5) is 4.39 Å². The molecule has 0 N–H and O–H groups in total. The van der Waals surface area contributed by atoms with Crippen molar-refractivity contribution in [3.05, 3.63) is 47.8 Å². The lowest BCUT2D eigenvalue weighted by atomic mass is 10.1. The average molecular weight is 248 g/mol. The van der Waals surface area contributed by atoms with Crippen molar-refractivity contribution in [1.29, 1.82) is 0 Å². The van der Waals surface area contributed by atoms with Crippen molar-refractivity contribution in [2.75, 3.05) is 7.11 Å². The van der Waals surface area contributed by atoms with Crippen molar-refractivity contribution in [3.63, 3.8) is 0 Å². The number of benzene rings is 1. The highest BCUT2D eigenvalue weighted by Crippen LogP contribution is 2.19. The van der Waals surface area contributed by atoms with Crippen molar-refractivity contribution in [3.8, 4) is 5.75 Å². The quantitative estimate of drug-likeness (QED) is 0.830. The second kappa shape index (κ2) is 5.21. The van der Waals surface area contributed by atoms with Crippen LogP contribution >= 0.6 is 0 Å². The molecule has 0 aliphatic carbocycles. The van der Waals surface area contributed by atoms with E-state index in [4.69, 9.17) is 4.74 Å². The van der Waals surface area contributed by atoms with E-state index in [1.54, 1.807) is 18.3 Å². The summed E-state index contributed by atoms with van der Waals surface area (Å²) in [6, 6.07) is 4.92. The summed E-state index contributed by atoms with van der Waals surface area (Å²) in [4.78, 5) is 4.29. The maximum Gasteiger partial charge on any atom is 0.131 e. The van der Waals surface area contributed by atoms with Crippen molar-refractivity contribution in [1.82, 2.24) is 9.55 Å². The molecule has 18 heavy (non-hydrogen) atoms. The Morgan fingerprint density at radius 2 is 2.17 bits per heavy atom. The van der Waals surface area contributed by atoms with Crippen LogP contribution in [0.2, 0.25) is 0 Å². The van der Waals surface area contributed by atoms with E-state index in [1.807, 2.05) is 10.8 Å². The van der Waals surface area contributed by atoms with Crippen LogP contribution < -0.4 is 4.74 Å². The van der Waals surface area contributed by atoms with Crippen molar-refractivity contribution in [2.24, 2.45) is 0 Å². The number of methoxy groups -OCH3 is 1. The Balaban J connectivity index is 2.26. The predicted octanol–water partition coefficient (Wildman–Crippen LogP) is 3.20. The van der Waals surface area contributed by atoms with Gasteiger partial charge in [0.1, 0.15) is 17.4 Å². The van der Waals surface area contributed by atoms with Crippen LogP contribution in [-0.4, -0.2) is 16.7 Å². The zero-order valence-electron chi connectivity index (χ0n) is 10.9. The van der Waals surface area contributed by atoms with Crippen LogP contribution in [0, 0.1) is 5.82 Å². The molecule has 0 atom stereocenters. The molecule has 2 rings (SSSR count). The Hall–Kier alpha value is -1.84. The van der Waals surface area contributed by atoms with Crippen LogP contribution in [0.3, 0.4) is 0 Å². The van der Waals surface area contributed by atoms with E-state index in [0.717, 1.165) is 5.82 Å². The van der Waals surface area contributed by atoms with Gasteiger partial charge in [0.15, 0.2) is 0 Å². The van der Waals surface area contributed by atoms with E-state index in [9.17, 15) is 4.39 Å². The number of rotatable bonds is 4. The lowest BCUT2D eigenvalue weighted by Gasteiger charge is -2.11. The summed E-state index contributed by atoms with van der Waals surface area (Å²) in [5.41, 5.74) is 0.635. The first-order chi connectivity index (χ1) is 8.61. The summed E-state index contributed by atoms with van der Waals surface area (Å²) in [5.74, 6) is 1.57. The highest BCUT2D eigenvalue weighted by molar-refractivity contribution is 5.29. The number of hydrogen-bond donors (Lipinski definition) is 0. The fraction of sp³-hybridized carbons (Fsp3) is 0.357. The van der Waals surface area contributed by atoms with Gasteiger partial charge in [0, 0.05) is 29.9 Å². The zero-order chi connectivity index (χ0) is 13.1. The van der Waals surface area contributed by atoms with Gasteiger partial charge in [-0.05, 0) is 6.07 Å². The Kier molecular flexibility index (Phi) is 3.65. The second-order valence-corrected chi connectivity index (χ2v) is 4.53. The van der Waals surface area contributed by atoms with E-state index in [-0.39, 0.29) is 5.82 Å². The zero-order valence-corrected chi connectivity index (χ0v) is 10.9. The summed E-state index contributed by atoms with van der Waals surface area (Å²) in [6.07, 6.45) is 3.62. The predicted molar refractivity (Wildman–Crippen MR) is 68.4 cm³/mol. The molecule has 1 aromatic heterocycles. The van der Waals surface area contributed by atoms with E-state index in [0.29, 0.717) is 23.8 Å². The molecule has 1 heterocycles. The minimum atomic E-state index is -0.252. The molecule has 1 aromatic carbocycles. The van der Waals surface area contributed by atoms with Crippen LogP contribution in [0.25, 0.3) is 0 Å². The van der Waals surface area contributed by atoms with Gasteiger partial charge < -0.3 is 9.30 Å². The van der Waals surface area contributed by atoms with Crippen LogP contribution in [0.15, 0.2) is 30.6 Å². The number of hydrogen-bond acceptors (Lipinski definition) is 2. The first kappa shape index (κ1) is 12.6. The molecule has 0 spiro atoms. The van der Waals surface area contributed by atoms with Crippen molar-refractivity contribution in [2.45, 2.75) is 26.3 Å². The Labute approximate surface area is 106 Å². The summed E-state index contributed by atoms with van der Waals surface area (Å²) in [5, 5.41) is 0. The largest absolute Gasteiger partial charge is 0.497 e. The van der Waals surface area contributed by atoms with E-state index in [1.165, 1.54) is 13.2 Å². The molecule has 0 unspecified atom stereocenters. The smallest absolute Gasteiger partial charge is 0.131 e. The fourth-order valence-electron chi connectivity index (χ4n) is 1.92. The standard InChI is InChI=1S/C14H17FN2O/c1-10(2)14-16-6-7-17(14)9-11-4-5-12(18-3)8-13(11)15/h4-8,10H,9H2,1-3H3. The van der Waals surface area contributed by atoms with Gasteiger partial charge in [-0.3, -0.25) is 0 Å². The monoisotopic (exact) mass is 248 g/mol. The molecule has 0 aliphatic heterocycles. The number of imidazole rings is 1. The summed E-state index contributed by atoms with van der Waals surface area (Å²) >= 11 is 0. The third-order valence-electron chi connectivity index (χ3n) is 2.87. The molecule has 0 radical (unpaired) electrons. The molecule has 0 aliphatic rings. The van der Waals surface area contributed by atoms with E-state index in [2.05, 4.69) is 18.8 Å². The van der Waals surface area contributed by atoms with Crippen LogP contribution in [0.5, 0.6) is 5.75 Å². The van der Waals surface area contributed by atoms with Gasteiger partial charge >= 0.3 is 0 Å². The minimum absolute atomic E-state index is 0.252. The molecular formula is C14H17FN2O. The van der Waals surface area contributed by atoms with Gasteiger partial charge in [-0.25, -0.2) is 9.37 Å². The third kappa shape index (κ3) is 2.53. The van der Waals surface area contributed by atoms with E-state index >= 15 is 0 Å². The molecular weight excluding hydrogens is 231 g/mol. The van der Waals surface area contributed by atoms with Crippen molar-refractivity contribution < 1.29 is 9.13 Å². The van der Waals surface area contributed by atoms with Gasteiger partial charge in [-0.2, -0.15) is 0 Å². The summed E-state index contributed by atoms with van der Waals surface area (Å²) in [6.45, 7) is 4.63. The first-order valence-electron chi connectivity index (χ1n) is 5.95. The molecule has 0 saturated heterocycles.